The summed E-state index contributed by atoms with van der Waals surface area (Å²) in [6.07, 6.45) is 59.9. The van der Waals surface area contributed by atoms with Crippen molar-refractivity contribution in [3.05, 3.63) is 12.2 Å². The summed E-state index contributed by atoms with van der Waals surface area (Å²) >= 11 is 0. The Morgan fingerprint density at radius 3 is 1.11 bits per heavy atom. The molecule has 1 amide bonds. The standard InChI is InChI=1S/C58H113NO5/c1-4-7-10-13-16-19-22-25-28-30-33-36-39-42-45-48-51-58(63)64-54(49-46-43-40-37-34-31-29-26-23-20-17-14-11-8-5-2)52-57(62)59-55(53-60)56(61)50-47-44-41-38-35-32-27-24-21-18-15-12-9-6-3/h28,30,54-56,60-61H,4-27,29,31-53H2,1-3H3,(H,59,62)/b30-28+. The number of hydrogen-bond donors (Lipinski definition) is 3. The van der Waals surface area contributed by atoms with E-state index in [1.54, 1.807) is 0 Å². The van der Waals surface area contributed by atoms with Crippen LogP contribution >= 0.6 is 0 Å². The molecule has 6 heteroatoms. The summed E-state index contributed by atoms with van der Waals surface area (Å²) < 4.78 is 5.96. The fourth-order valence-corrected chi connectivity index (χ4v) is 9.19. The number of aliphatic hydroxyl groups excluding tert-OH is 2. The Kier molecular flexibility index (Phi) is 51.4. The first-order chi connectivity index (χ1) is 31.5. The van der Waals surface area contributed by atoms with Crippen LogP contribution in [0.2, 0.25) is 0 Å². The highest BCUT2D eigenvalue weighted by atomic mass is 16.5. The van der Waals surface area contributed by atoms with Gasteiger partial charge in [0.25, 0.3) is 0 Å². The molecule has 0 spiro atoms. The molecule has 0 aliphatic rings. The minimum atomic E-state index is -0.784. The van der Waals surface area contributed by atoms with E-state index in [9.17, 15) is 19.8 Å². The van der Waals surface area contributed by atoms with Crippen LogP contribution in [0.15, 0.2) is 12.2 Å². The third-order valence-corrected chi connectivity index (χ3v) is 13.6. The van der Waals surface area contributed by atoms with Crippen LogP contribution in [0.25, 0.3) is 0 Å². The number of carbonyl (C=O) groups excluding carboxylic acids is 2. The van der Waals surface area contributed by atoms with Crippen molar-refractivity contribution in [2.75, 3.05) is 6.61 Å². The van der Waals surface area contributed by atoms with E-state index in [1.807, 2.05) is 0 Å². The molecule has 380 valence electrons. The van der Waals surface area contributed by atoms with Crippen molar-refractivity contribution in [3.63, 3.8) is 0 Å². The lowest BCUT2D eigenvalue weighted by molar-refractivity contribution is -0.151. The molecule has 0 aromatic carbocycles. The van der Waals surface area contributed by atoms with Crippen LogP contribution in [-0.4, -0.2) is 46.9 Å². The molecule has 0 fully saturated rings. The lowest BCUT2D eigenvalue weighted by atomic mass is 10.0. The first-order valence-corrected chi connectivity index (χ1v) is 28.9. The Bertz CT molecular complexity index is 970. The predicted octanol–water partition coefficient (Wildman–Crippen LogP) is 17.7. The molecule has 0 bridgehead atoms. The number of aliphatic hydroxyl groups is 2. The average Bonchev–Trinajstić information content (AvgIpc) is 3.29. The Morgan fingerprint density at radius 1 is 0.438 bits per heavy atom. The number of nitrogens with one attached hydrogen (secondary N) is 1. The van der Waals surface area contributed by atoms with E-state index in [2.05, 4.69) is 38.2 Å². The van der Waals surface area contributed by atoms with E-state index in [0.717, 1.165) is 51.4 Å². The maximum Gasteiger partial charge on any atom is 0.306 e. The monoisotopic (exact) mass is 904 g/mol. The number of esters is 1. The van der Waals surface area contributed by atoms with Gasteiger partial charge in [-0.05, 0) is 51.4 Å². The molecule has 0 saturated heterocycles. The predicted molar refractivity (Wildman–Crippen MR) is 278 cm³/mol. The maximum atomic E-state index is 13.3. The molecule has 0 heterocycles. The van der Waals surface area contributed by atoms with Gasteiger partial charge in [0.1, 0.15) is 6.10 Å². The SMILES string of the molecule is CCCCCCCCC/C=C/CCCCCCCC(=O)OC(CCCCCCCCCCCCCCCCC)CC(=O)NC(CO)C(O)CCCCCCCCCCCCCCCC. The van der Waals surface area contributed by atoms with Gasteiger partial charge in [-0.15, -0.1) is 0 Å². The zero-order valence-corrected chi connectivity index (χ0v) is 43.4. The normalized spacial score (nSPS) is 13.1. The van der Waals surface area contributed by atoms with Crippen LogP contribution in [0.5, 0.6) is 0 Å². The van der Waals surface area contributed by atoms with E-state index in [4.69, 9.17) is 4.74 Å². The highest BCUT2D eigenvalue weighted by Gasteiger charge is 2.24. The molecule has 64 heavy (non-hydrogen) atoms. The van der Waals surface area contributed by atoms with Gasteiger partial charge in [-0.2, -0.15) is 0 Å². The highest BCUT2D eigenvalue weighted by Crippen LogP contribution is 2.19. The smallest absolute Gasteiger partial charge is 0.306 e. The van der Waals surface area contributed by atoms with Crippen molar-refractivity contribution < 1.29 is 24.5 Å². The third kappa shape index (κ3) is 47.1. The second-order valence-electron chi connectivity index (χ2n) is 20.1. The van der Waals surface area contributed by atoms with Crippen molar-refractivity contribution in [1.29, 1.82) is 0 Å². The van der Waals surface area contributed by atoms with Crippen LogP contribution in [0.4, 0.5) is 0 Å². The summed E-state index contributed by atoms with van der Waals surface area (Å²) in [7, 11) is 0. The van der Waals surface area contributed by atoms with E-state index < -0.39 is 18.2 Å². The van der Waals surface area contributed by atoms with Gasteiger partial charge in [-0.3, -0.25) is 9.59 Å². The Morgan fingerprint density at radius 2 is 0.750 bits per heavy atom. The number of hydrogen-bond acceptors (Lipinski definition) is 5. The second kappa shape index (κ2) is 52.6. The molecule has 0 saturated carbocycles. The van der Waals surface area contributed by atoms with Gasteiger partial charge in [0.2, 0.25) is 5.91 Å². The van der Waals surface area contributed by atoms with Crippen LogP contribution < -0.4 is 5.32 Å². The molecule has 3 N–H and O–H groups in total. The molecule has 3 atom stereocenters. The first kappa shape index (κ1) is 62.6. The fourth-order valence-electron chi connectivity index (χ4n) is 9.19. The Balaban J connectivity index is 4.52. The topological polar surface area (TPSA) is 95.9 Å². The summed E-state index contributed by atoms with van der Waals surface area (Å²) in [6, 6.07) is -0.697. The van der Waals surface area contributed by atoms with Crippen molar-refractivity contribution >= 4 is 11.9 Å². The van der Waals surface area contributed by atoms with Crippen molar-refractivity contribution in [1.82, 2.24) is 5.32 Å². The first-order valence-electron chi connectivity index (χ1n) is 28.9. The van der Waals surface area contributed by atoms with Crippen molar-refractivity contribution in [2.24, 2.45) is 0 Å². The van der Waals surface area contributed by atoms with E-state index >= 15 is 0 Å². The minimum Gasteiger partial charge on any atom is -0.462 e. The fraction of sp³-hybridized carbons (Fsp3) is 0.931. The molecule has 0 aromatic heterocycles. The molecule has 3 unspecified atom stereocenters. The van der Waals surface area contributed by atoms with Gasteiger partial charge in [-0.1, -0.05) is 270 Å². The van der Waals surface area contributed by atoms with Crippen molar-refractivity contribution in [3.8, 4) is 0 Å². The lowest BCUT2D eigenvalue weighted by Gasteiger charge is -2.24. The zero-order valence-electron chi connectivity index (χ0n) is 43.4. The van der Waals surface area contributed by atoms with Crippen molar-refractivity contribution in [2.45, 2.75) is 341 Å². The Labute approximate surface area is 399 Å². The summed E-state index contributed by atoms with van der Waals surface area (Å²) in [5, 5.41) is 23.9. The lowest BCUT2D eigenvalue weighted by Crippen LogP contribution is -2.46. The van der Waals surface area contributed by atoms with Gasteiger partial charge >= 0.3 is 5.97 Å². The van der Waals surface area contributed by atoms with Gasteiger partial charge in [0, 0.05) is 6.42 Å². The van der Waals surface area contributed by atoms with Gasteiger partial charge in [-0.25, -0.2) is 0 Å². The number of allylic oxidation sites excluding steroid dienone is 2. The summed E-state index contributed by atoms with van der Waals surface area (Å²) in [5.74, 6) is -0.460. The van der Waals surface area contributed by atoms with E-state index in [1.165, 1.54) is 225 Å². The van der Waals surface area contributed by atoms with E-state index in [-0.39, 0.29) is 24.9 Å². The number of unbranched alkanes of at least 4 members (excludes halogenated alkanes) is 39. The molecule has 6 nitrogen and oxygen atoms in total. The van der Waals surface area contributed by atoms with E-state index in [0.29, 0.717) is 19.3 Å². The van der Waals surface area contributed by atoms with Gasteiger partial charge in [0.05, 0.1) is 25.2 Å². The van der Waals surface area contributed by atoms with Crippen LogP contribution in [0.1, 0.15) is 323 Å². The number of amides is 1. The quantitative estimate of drug-likeness (QED) is 0.0321. The average molecular weight is 905 g/mol. The second-order valence-corrected chi connectivity index (χ2v) is 20.1. The third-order valence-electron chi connectivity index (χ3n) is 13.6. The number of ether oxygens (including phenoxy) is 1. The van der Waals surface area contributed by atoms with Crippen LogP contribution in [0.3, 0.4) is 0 Å². The minimum absolute atomic E-state index is 0.0822. The molecule has 0 aliphatic heterocycles. The molecule has 0 radical (unpaired) electrons. The van der Waals surface area contributed by atoms with Crippen LogP contribution in [-0.2, 0) is 14.3 Å². The highest BCUT2D eigenvalue weighted by molar-refractivity contribution is 5.77. The molecule has 0 aromatic rings. The number of carbonyl (C=O) groups is 2. The van der Waals surface area contributed by atoms with Crippen LogP contribution in [0, 0.1) is 0 Å². The summed E-state index contributed by atoms with van der Waals surface area (Å²) in [6.45, 7) is 6.52. The Hall–Kier alpha value is -1.40. The molecular weight excluding hydrogens is 791 g/mol. The molecule has 0 rings (SSSR count). The number of rotatable bonds is 53. The summed E-state index contributed by atoms with van der Waals surface area (Å²) in [5.41, 5.74) is 0. The zero-order chi connectivity index (χ0) is 46.7. The molecular formula is C58H113NO5. The maximum absolute atomic E-state index is 13.3. The largest absolute Gasteiger partial charge is 0.462 e. The van der Waals surface area contributed by atoms with Gasteiger partial charge < -0.3 is 20.3 Å². The molecule has 0 aliphatic carbocycles. The van der Waals surface area contributed by atoms with Gasteiger partial charge in [0.15, 0.2) is 0 Å². The summed E-state index contributed by atoms with van der Waals surface area (Å²) in [4.78, 5) is 26.3.